The van der Waals surface area contributed by atoms with Crippen LogP contribution in [0.25, 0.3) is 0 Å². The maximum absolute atomic E-state index is 12.9. The van der Waals surface area contributed by atoms with E-state index in [0.717, 1.165) is 12.8 Å². The van der Waals surface area contributed by atoms with E-state index in [9.17, 15) is 18.3 Å². The summed E-state index contributed by atoms with van der Waals surface area (Å²) in [4.78, 5) is 11.7. The molecule has 0 spiro atoms. The fourth-order valence-corrected chi connectivity index (χ4v) is 5.97. The summed E-state index contributed by atoms with van der Waals surface area (Å²) in [5.41, 5.74) is -0.720. The van der Waals surface area contributed by atoms with Gasteiger partial charge in [-0.15, -0.1) is 0 Å². The SMILES string of the molecule is N#Cc1cc(Br)cc(S(=O)(=O)N2C[C@@H]3CCC[C@@]3(C(=O)O)C2)c1. The molecule has 0 amide bonds. The topological polar surface area (TPSA) is 98.5 Å². The molecule has 2 atom stereocenters. The van der Waals surface area contributed by atoms with Gasteiger partial charge in [0.05, 0.1) is 21.9 Å². The molecular formula is C15H15BrN2O4S. The molecule has 0 unspecified atom stereocenters. The maximum Gasteiger partial charge on any atom is 0.311 e. The molecule has 6 nitrogen and oxygen atoms in total. The lowest BCUT2D eigenvalue weighted by atomic mass is 9.81. The molecule has 0 radical (unpaired) electrons. The van der Waals surface area contributed by atoms with Crippen LogP contribution in [0, 0.1) is 22.7 Å². The lowest BCUT2D eigenvalue weighted by Crippen LogP contribution is -2.37. The van der Waals surface area contributed by atoms with Crippen LogP contribution in [0.4, 0.5) is 0 Å². The van der Waals surface area contributed by atoms with E-state index in [-0.39, 0.29) is 29.5 Å². The highest BCUT2D eigenvalue weighted by molar-refractivity contribution is 9.10. The summed E-state index contributed by atoms with van der Waals surface area (Å²) in [5, 5.41) is 18.6. The fraction of sp³-hybridized carbons (Fsp3) is 0.467. The molecule has 1 aromatic carbocycles. The molecule has 1 heterocycles. The molecule has 2 aliphatic rings. The molecule has 0 aromatic heterocycles. The van der Waals surface area contributed by atoms with E-state index in [0.29, 0.717) is 10.9 Å². The Morgan fingerprint density at radius 2 is 2.17 bits per heavy atom. The number of fused-ring (bicyclic) bond motifs is 1. The van der Waals surface area contributed by atoms with Gasteiger partial charge >= 0.3 is 5.97 Å². The van der Waals surface area contributed by atoms with Crippen LogP contribution >= 0.6 is 15.9 Å². The summed E-state index contributed by atoms with van der Waals surface area (Å²) in [7, 11) is -3.82. The van der Waals surface area contributed by atoms with Crippen molar-refractivity contribution in [2.45, 2.75) is 24.2 Å². The monoisotopic (exact) mass is 398 g/mol. The van der Waals surface area contributed by atoms with E-state index in [1.54, 1.807) is 0 Å². The van der Waals surface area contributed by atoms with Crippen molar-refractivity contribution in [1.29, 1.82) is 5.26 Å². The van der Waals surface area contributed by atoms with Gasteiger partial charge in [-0.25, -0.2) is 8.42 Å². The summed E-state index contributed by atoms with van der Waals surface area (Å²) in [5.74, 6) is -1.05. The number of hydrogen-bond acceptors (Lipinski definition) is 4. The van der Waals surface area contributed by atoms with Gasteiger partial charge < -0.3 is 5.11 Å². The summed E-state index contributed by atoms with van der Waals surface area (Å²) in [6.45, 7) is 0.229. The third kappa shape index (κ3) is 2.57. The Morgan fingerprint density at radius 3 is 2.78 bits per heavy atom. The first-order valence-corrected chi connectivity index (χ1v) is 9.47. The zero-order valence-electron chi connectivity index (χ0n) is 12.2. The summed E-state index contributed by atoms with van der Waals surface area (Å²) < 4.78 is 27.5. The minimum absolute atomic E-state index is 0.00370. The molecule has 1 aromatic rings. The molecule has 122 valence electrons. The number of carboxylic acids is 1. The van der Waals surface area contributed by atoms with Gasteiger partial charge in [-0.05, 0) is 37.0 Å². The minimum Gasteiger partial charge on any atom is -0.481 e. The largest absolute Gasteiger partial charge is 0.481 e. The highest BCUT2D eigenvalue weighted by Crippen LogP contribution is 2.50. The van der Waals surface area contributed by atoms with Crippen LogP contribution in [0.15, 0.2) is 27.6 Å². The Bertz CT molecular complexity index is 817. The molecule has 1 saturated heterocycles. The van der Waals surface area contributed by atoms with Crippen molar-refractivity contribution in [3.63, 3.8) is 0 Å². The molecule has 23 heavy (non-hydrogen) atoms. The van der Waals surface area contributed by atoms with Crippen LogP contribution in [-0.4, -0.2) is 36.9 Å². The van der Waals surface area contributed by atoms with E-state index < -0.39 is 21.4 Å². The molecule has 3 rings (SSSR count). The second-order valence-corrected chi connectivity index (χ2v) is 8.99. The number of nitrogens with zero attached hydrogens (tertiary/aromatic N) is 2. The number of nitriles is 1. The van der Waals surface area contributed by atoms with Crippen molar-refractivity contribution in [3.8, 4) is 6.07 Å². The number of rotatable bonds is 3. The molecule has 1 saturated carbocycles. The molecule has 1 N–H and O–H groups in total. The average molecular weight is 399 g/mol. The van der Waals surface area contributed by atoms with E-state index >= 15 is 0 Å². The second-order valence-electron chi connectivity index (χ2n) is 6.14. The van der Waals surface area contributed by atoms with E-state index in [4.69, 9.17) is 5.26 Å². The second kappa shape index (κ2) is 5.58. The van der Waals surface area contributed by atoms with Crippen molar-refractivity contribution in [1.82, 2.24) is 4.31 Å². The number of carbonyl (C=O) groups is 1. The Balaban J connectivity index is 1.98. The average Bonchev–Trinajstić information content (AvgIpc) is 3.04. The third-order valence-corrected chi connectivity index (χ3v) is 7.15. The number of carboxylic acid groups (broad SMARTS) is 1. The van der Waals surface area contributed by atoms with Gasteiger partial charge in [0.15, 0.2) is 0 Å². The highest BCUT2D eigenvalue weighted by atomic mass is 79.9. The maximum atomic E-state index is 12.9. The number of sulfonamides is 1. The molecular weight excluding hydrogens is 384 g/mol. The normalized spacial score (nSPS) is 27.6. The van der Waals surface area contributed by atoms with Gasteiger partial charge in [-0.3, -0.25) is 4.79 Å². The van der Waals surface area contributed by atoms with Gasteiger partial charge in [0.25, 0.3) is 0 Å². The lowest BCUT2D eigenvalue weighted by molar-refractivity contribution is -0.149. The quantitative estimate of drug-likeness (QED) is 0.840. The zero-order valence-corrected chi connectivity index (χ0v) is 14.6. The highest BCUT2D eigenvalue weighted by Gasteiger charge is 2.57. The summed E-state index contributed by atoms with van der Waals surface area (Å²) in [6, 6.07) is 6.23. The Kier molecular flexibility index (Phi) is 3.99. The van der Waals surface area contributed by atoms with Crippen molar-refractivity contribution in [2.75, 3.05) is 13.1 Å². The molecule has 1 aliphatic heterocycles. The predicted octanol–water partition coefficient (Wildman–Crippen LogP) is 2.20. The smallest absolute Gasteiger partial charge is 0.311 e. The number of hydrogen-bond donors (Lipinski definition) is 1. The van der Waals surface area contributed by atoms with E-state index in [1.165, 1.54) is 22.5 Å². The Hall–Kier alpha value is -1.43. The molecule has 0 bridgehead atoms. The standard InChI is InChI=1S/C15H15BrN2O4S/c16-12-4-10(7-17)5-13(6-12)23(21,22)18-8-11-2-1-3-15(11,9-18)14(19)20/h4-6,11H,1-3,8-9H2,(H,19,20)/t11-,15+/m0/s1. The molecule has 8 heteroatoms. The van der Waals surface area contributed by atoms with Gasteiger partial charge in [0.1, 0.15) is 0 Å². The Morgan fingerprint density at radius 1 is 1.43 bits per heavy atom. The first kappa shape index (κ1) is 16.4. The van der Waals surface area contributed by atoms with Crippen molar-refractivity contribution >= 4 is 31.9 Å². The van der Waals surface area contributed by atoms with Crippen molar-refractivity contribution in [3.05, 3.63) is 28.2 Å². The zero-order chi connectivity index (χ0) is 16.8. The molecule has 2 fully saturated rings. The van der Waals surface area contributed by atoms with Gasteiger partial charge in [0, 0.05) is 17.6 Å². The van der Waals surface area contributed by atoms with Crippen molar-refractivity contribution in [2.24, 2.45) is 11.3 Å². The number of halogens is 1. The summed E-state index contributed by atoms with van der Waals surface area (Å²) in [6.07, 6.45) is 2.07. The Labute approximate surface area is 142 Å². The predicted molar refractivity (Wildman–Crippen MR) is 85.0 cm³/mol. The number of aliphatic carboxylic acids is 1. The van der Waals surface area contributed by atoms with Crippen LogP contribution in [-0.2, 0) is 14.8 Å². The minimum atomic E-state index is -3.82. The molecule has 1 aliphatic carbocycles. The van der Waals surface area contributed by atoms with Gasteiger partial charge in [-0.1, -0.05) is 22.4 Å². The first-order valence-electron chi connectivity index (χ1n) is 7.24. The van der Waals surface area contributed by atoms with Crippen LogP contribution < -0.4 is 0 Å². The van der Waals surface area contributed by atoms with Crippen LogP contribution in [0.2, 0.25) is 0 Å². The van der Waals surface area contributed by atoms with Crippen LogP contribution in [0.5, 0.6) is 0 Å². The lowest BCUT2D eigenvalue weighted by Gasteiger charge is -2.23. The van der Waals surface area contributed by atoms with Gasteiger partial charge in [0.2, 0.25) is 10.0 Å². The van der Waals surface area contributed by atoms with E-state index in [2.05, 4.69) is 15.9 Å². The first-order chi connectivity index (χ1) is 10.8. The van der Waals surface area contributed by atoms with E-state index in [1.807, 2.05) is 6.07 Å². The fourth-order valence-electron chi connectivity index (χ4n) is 3.70. The van der Waals surface area contributed by atoms with Crippen LogP contribution in [0.3, 0.4) is 0 Å². The third-order valence-electron chi connectivity index (χ3n) is 4.90. The van der Waals surface area contributed by atoms with Crippen LogP contribution in [0.1, 0.15) is 24.8 Å². The van der Waals surface area contributed by atoms with Crippen molar-refractivity contribution < 1.29 is 18.3 Å². The summed E-state index contributed by atoms with van der Waals surface area (Å²) >= 11 is 3.21. The van der Waals surface area contributed by atoms with Gasteiger partial charge in [-0.2, -0.15) is 9.57 Å². The number of benzene rings is 1.